The van der Waals surface area contributed by atoms with Crippen LogP contribution in [0, 0.1) is 0 Å². The van der Waals surface area contributed by atoms with Crippen LogP contribution in [-0.2, 0) is 9.53 Å². The normalized spacial score (nSPS) is 12.5. The predicted octanol–water partition coefficient (Wildman–Crippen LogP) is 2.82. The van der Waals surface area contributed by atoms with E-state index in [0.717, 1.165) is 25.7 Å². The van der Waals surface area contributed by atoms with Gasteiger partial charge in [-0.25, -0.2) is 0 Å². The maximum Gasteiger partial charge on any atom is 0.306 e. The average molecular weight is 204 g/mol. The van der Waals surface area contributed by atoms with Crippen molar-refractivity contribution in [3.05, 3.63) is 0 Å². The maximum absolute atomic E-state index is 11.1. The first-order valence-electron chi connectivity index (χ1n) is 5.04. The molecule has 1 unspecified atom stereocenters. The molecule has 0 aromatic heterocycles. The van der Waals surface area contributed by atoms with Crippen LogP contribution < -0.4 is 0 Å². The van der Waals surface area contributed by atoms with Gasteiger partial charge in [-0.3, -0.25) is 4.79 Å². The summed E-state index contributed by atoms with van der Waals surface area (Å²) in [4.78, 5) is 11.1. The van der Waals surface area contributed by atoms with Gasteiger partial charge in [0.25, 0.3) is 0 Å². The molecule has 0 aliphatic carbocycles. The Hall–Kier alpha value is -0.180. The zero-order valence-electron chi connectivity index (χ0n) is 8.58. The van der Waals surface area contributed by atoms with Crippen LogP contribution in [-0.4, -0.2) is 17.8 Å². The predicted molar refractivity (Wildman–Crippen MR) is 58.2 cm³/mol. The lowest BCUT2D eigenvalue weighted by atomic mass is 10.2. The fourth-order valence-corrected chi connectivity index (χ4v) is 1.42. The molecule has 13 heavy (non-hydrogen) atoms. The summed E-state index contributed by atoms with van der Waals surface area (Å²) in [6.45, 7) is 4.72. The van der Waals surface area contributed by atoms with Crippen LogP contribution in [0.3, 0.4) is 0 Å². The lowest BCUT2D eigenvalue weighted by molar-refractivity contribution is -0.143. The summed E-state index contributed by atoms with van der Waals surface area (Å²) >= 11 is 4.29. The van der Waals surface area contributed by atoms with E-state index in [1.54, 1.807) is 0 Å². The summed E-state index contributed by atoms with van der Waals surface area (Å²) in [7, 11) is 0. The van der Waals surface area contributed by atoms with E-state index in [0.29, 0.717) is 13.0 Å². The molecule has 0 aliphatic heterocycles. The molecule has 0 aromatic rings. The Kier molecular flexibility index (Phi) is 8.30. The van der Waals surface area contributed by atoms with Gasteiger partial charge in [0.05, 0.1) is 13.0 Å². The fourth-order valence-electron chi connectivity index (χ4n) is 1.02. The highest BCUT2D eigenvalue weighted by molar-refractivity contribution is 7.81. The first-order valence-corrected chi connectivity index (χ1v) is 5.56. The van der Waals surface area contributed by atoms with Crippen LogP contribution in [0.1, 0.15) is 46.0 Å². The quantitative estimate of drug-likeness (QED) is 0.392. The minimum Gasteiger partial charge on any atom is -0.466 e. The van der Waals surface area contributed by atoms with Crippen molar-refractivity contribution in [1.82, 2.24) is 0 Å². The summed E-state index contributed by atoms with van der Waals surface area (Å²) in [6.07, 6.45) is 4.51. The molecule has 0 aliphatic rings. The SMILES string of the molecule is CCCCOC(=O)CC(S)CCC. The molecule has 0 fully saturated rings. The number of esters is 1. The highest BCUT2D eigenvalue weighted by Crippen LogP contribution is 2.09. The van der Waals surface area contributed by atoms with Crippen molar-refractivity contribution >= 4 is 18.6 Å². The average Bonchev–Trinajstić information content (AvgIpc) is 2.05. The summed E-state index contributed by atoms with van der Waals surface area (Å²) in [6, 6.07) is 0. The molecular formula is C10H20O2S. The molecule has 2 nitrogen and oxygen atoms in total. The van der Waals surface area contributed by atoms with Crippen molar-refractivity contribution in [3.63, 3.8) is 0 Å². The van der Waals surface area contributed by atoms with Gasteiger partial charge in [0, 0.05) is 5.25 Å². The summed E-state index contributed by atoms with van der Waals surface area (Å²) in [5.74, 6) is -0.109. The largest absolute Gasteiger partial charge is 0.466 e. The van der Waals surface area contributed by atoms with Crippen LogP contribution >= 0.6 is 12.6 Å². The number of ether oxygens (including phenoxy) is 1. The van der Waals surface area contributed by atoms with Crippen molar-refractivity contribution < 1.29 is 9.53 Å². The van der Waals surface area contributed by atoms with E-state index in [2.05, 4.69) is 26.5 Å². The summed E-state index contributed by atoms with van der Waals surface area (Å²) < 4.78 is 5.01. The van der Waals surface area contributed by atoms with Gasteiger partial charge in [-0.2, -0.15) is 12.6 Å². The number of thiol groups is 1. The second kappa shape index (κ2) is 8.42. The highest BCUT2D eigenvalue weighted by Gasteiger charge is 2.09. The monoisotopic (exact) mass is 204 g/mol. The molecule has 3 heteroatoms. The first-order chi connectivity index (χ1) is 6.20. The second-order valence-electron chi connectivity index (χ2n) is 3.22. The van der Waals surface area contributed by atoms with Crippen LogP contribution in [0.25, 0.3) is 0 Å². The third kappa shape index (κ3) is 8.16. The fraction of sp³-hybridized carbons (Fsp3) is 0.900. The van der Waals surface area contributed by atoms with Gasteiger partial charge >= 0.3 is 5.97 Å². The molecule has 0 rings (SSSR count). The molecule has 0 saturated heterocycles. The Morgan fingerprint density at radius 2 is 2.08 bits per heavy atom. The Balaban J connectivity index is 3.38. The highest BCUT2D eigenvalue weighted by atomic mass is 32.1. The molecule has 0 bridgehead atoms. The number of hydrogen-bond acceptors (Lipinski definition) is 3. The van der Waals surface area contributed by atoms with E-state index in [-0.39, 0.29) is 11.2 Å². The molecule has 0 radical (unpaired) electrons. The van der Waals surface area contributed by atoms with Crippen molar-refractivity contribution in [1.29, 1.82) is 0 Å². The Morgan fingerprint density at radius 3 is 2.62 bits per heavy atom. The second-order valence-corrected chi connectivity index (χ2v) is 3.95. The van der Waals surface area contributed by atoms with E-state index in [9.17, 15) is 4.79 Å². The topological polar surface area (TPSA) is 26.3 Å². The Labute approximate surface area is 86.5 Å². The third-order valence-electron chi connectivity index (χ3n) is 1.79. The van der Waals surface area contributed by atoms with Gasteiger partial charge in [0.2, 0.25) is 0 Å². The molecule has 0 aromatic carbocycles. The molecule has 0 N–H and O–H groups in total. The number of hydrogen-bond donors (Lipinski definition) is 1. The standard InChI is InChI=1S/C10H20O2S/c1-3-5-7-12-10(11)8-9(13)6-4-2/h9,13H,3-8H2,1-2H3. The van der Waals surface area contributed by atoms with Gasteiger partial charge < -0.3 is 4.74 Å². The van der Waals surface area contributed by atoms with Crippen molar-refractivity contribution in [2.45, 2.75) is 51.2 Å². The summed E-state index contributed by atoms with van der Waals surface area (Å²) in [5, 5.41) is 0.166. The van der Waals surface area contributed by atoms with Gasteiger partial charge in [-0.1, -0.05) is 26.7 Å². The van der Waals surface area contributed by atoms with Crippen LogP contribution in [0.2, 0.25) is 0 Å². The Bertz CT molecular complexity index is 137. The minimum atomic E-state index is -0.109. The molecule has 0 amide bonds. The van der Waals surface area contributed by atoms with E-state index in [1.165, 1.54) is 0 Å². The molecule has 0 heterocycles. The maximum atomic E-state index is 11.1. The Morgan fingerprint density at radius 1 is 1.38 bits per heavy atom. The molecule has 1 atom stereocenters. The van der Waals surface area contributed by atoms with Gasteiger partial charge in [-0.05, 0) is 12.8 Å². The van der Waals surface area contributed by atoms with Crippen LogP contribution in [0.4, 0.5) is 0 Å². The van der Waals surface area contributed by atoms with E-state index >= 15 is 0 Å². The van der Waals surface area contributed by atoms with Gasteiger partial charge in [0.1, 0.15) is 0 Å². The molecule has 0 saturated carbocycles. The number of carbonyl (C=O) groups is 1. The van der Waals surface area contributed by atoms with Crippen LogP contribution in [0.5, 0.6) is 0 Å². The molecular weight excluding hydrogens is 184 g/mol. The number of rotatable bonds is 7. The van der Waals surface area contributed by atoms with E-state index in [4.69, 9.17) is 4.74 Å². The third-order valence-corrected chi connectivity index (χ3v) is 2.23. The summed E-state index contributed by atoms with van der Waals surface area (Å²) in [5.41, 5.74) is 0. The minimum absolute atomic E-state index is 0.109. The smallest absolute Gasteiger partial charge is 0.306 e. The van der Waals surface area contributed by atoms with Gasteiger partial charge in [0.15, 0.2) is 0 Å². The van der Waals surface area contributed by atoms with Crippen molar-refractivity contribution in [2.75, 3.05) is 6.61 Å². The van der Waals surface area contributed by atoms with Crippen molar-refractivity contribution in [3.8, 4) is 0 Å². The van der Waals surface area contributed by atoms with E-state index in [1.807, 2.05) is 0 Å². The molecule has 0 spiro atoms. The van der Waals surface area contributed by atoms with E-state index < -0.39 is 0 Å². The lowest BCUT2D eigenvalue weighted by Crippen LogP contribution is -2.12. The molecule has 78 valence electrons. The van der Waals surface area contributed by atoms with Crippen LogP contribution in [0.15, 0.2) is 0 Å². The van der Waals surface area contributed by atoms with Gasteiger partial charge in [-0.15, -0.1) is 0 Å². The first kappa shape index (κ1) is 12.8. The zero-order valence-corrected chi connectivity index (χ0v) is 9.48. The zero-order chi connectivity index (χ0) is 10.1. The lowest BCUT2D eigenvalue weighted by Gasteiger charge is -2.08. The number of unbranched alkanes of at least 4 members (excludes halogenated alkanes) is 1. The van der Waals surface area contributed by atoms with Crippen molar-refractivity contribution in [2.24, 2.45) is 0 Å². The number of carbonyl (C=O) groups excluding carboxylic acids is 1.